The second kappa shape index (κ2) is 3.83. The van der Waals surface area contributed by atoms with Gasteiger partial charge in [-0.3, -0.25) is 4.98 Å². The van der Waals surface area contributed by atoms with Crippen molar-refractivity contribution in [3.63, 3.8) is 0 Å². The Labute approximate surface area is 105 Å². The standard InChI is InChI=1S/C16H23N/c1-4-16(2,3)15-11-7-5-9-13(11)17-14-10-6-8-12(14)15/h4-10H2,1-3H3. The van der Waals surface area contributed by atoms with Gasteiger partial charge in [-0.15, -0.1) is 0 Å². The summed E-state index contributed by atoms with van der Waals surface area (Å²) in [5.74, 6) is 0. The predicted molar refractivity (Wildman–Crippen MR) is 71.6 cm³/mol. The molecule has 0 atom stereocenters. The number of hydrogen-bond donors (Lipinski definition) is 0. The first-order valence-corrected chi connectivity index (χ1v) is 7.17. The smallest absolute Gasteiger partial charge is 0.0442 e. The Bertz CT molecular complexity index is 425. The Morgan fingerprint density at radius 1 is 0.941 bits per heavy atom. The molecule has 0 fully saturated rings. The van der Waals surface area contributed by atoms with Gasteiger partial charge in [-0.25, -0.2) is 0 Å². The largest absolute Gasteiger partial charge is 0.257 e. The quantitative estimate of drug-likeness (QED) is 0.752. The molecular weight excluding hydrogens is 206 g/mol. The SMILES string of the molecule is CCC(C)(C)c1c2c(nc3c1CCC3)CCC2. The van der Waals surface area contributed by atoms with Gasteiger partial charge in [-0.05, 0) is 67.1 Å². The van der Waals surface area contributed by atoms with Gasteiger partial charge in [0.2, 0.25) is 0 Å². The lowest BCUT2D eigenvalue weighted by atomic mass is 9.76. The van der Waals surface area contributed by atoms with Gasteiger partial charge >= 0.3 is 0 Å². The molecule has 1 heteroatoms. The number of aryl methyl sites for hydroxylation is 2. The summed E-state index contributed by atoms with van der Waals surface area (Å²) in [5.41, 5.74) is 8.14. The molecule has 0 aliphatic heterocycles. The summed E-state index contributed by atoms with van der Waals surface area (Å²) in [6.45, 7) is 7.15. The molecule has 92 valence electrons. The van der Waals surface area contributed by atoms with Crippen LogP contribution < -0.4 is 0 Å². The van der Waals surface area contributed by atoms with Crippen molar-refractivity contribution in [2.24, 2.45) is 0 Å². The van der Waals surface area contributed by atoms with Crippen LogP contribution in [0.3, 0.4) is 0 Å². The van der Waals surface area contributed by atoms with Gasteiger partial charge in [0, 0.05) is 11.4 Å². The van der Waals surface area contributed by atoms with Crippen LogP contribution in [0.5, 0.6) is 0 Å². The highest BCUT2D eigenvalue weighted by Gasteiger charge is 2.32. The van der Waals surface area contributed by atoms with Crippen LogP contribution in [0, 0.1) is 0 Å². The molecule has 2 aliphatic carbocycles. The minimum atomic E-state index is 0.339. The number of nitrogens with zero attached hydrogens (tertiary/aromatic N) is 1. The van der Waals surface area contributed by atoms with Crippen LogP contribution in [-0.4, -0.2) is 4.98 Å². The van der Waals surface area contributed by atoms with E-state index < -0.39 is 0 Å². The molecule has 0 spiro atoms. The Balaban J connectivity index is 2.25. The topological polar surface area (TPSA) is 12.9 Å². The van der Waals surface area contributed by atoms with E-state index in [1.165, 1.54) is 56.3 Å². The van der Waals surface area contributed by atoms with Crippen molar-refractivity contribution < 1.29 is 0 Å². The van der Waals surface area contributed by atoms with E-state index in [2.05, 4.69) is 20.8 Å². The normalized spacial score (nSPS) is 18.3. The van der Waals surface area contributed by atoms with Crippen molar-refractivity contribution in [1.82, 2.24) is 4.98 Å². The zero-order valence-corrected chi connectivity index (χ0v) is 11.4. The van der Waals surface area contributed by atoms with E-state index in [1.54, 1.807) is 16.7 Å². The lowest BCUT2D eigenvalue weighted by molar-refractivity contribution is 0.496. The summed E-state index contributed by atoms with van der Waals surface area (Å²) in [6.07, 6.45) is 8.85. The molecule has 0 saturated carbocycles. The molecule has 0 bridgehead atoms. The summed E-state index contributed by atoms with van der Waals surface area (Å²) in [4.78, 5) is 4.94. The van der Waals surface area contributed by atoms with Crippen LogP contribution in [0.1, 0.15) is 68.1 Å². The summed E-state index contributed by atoms with van der Waals surface area (Å²) in [5, 5.41) is 0. The fraction of sp³-hybridized carbons (Fsp3) is 0.688. The fourth-order valence-electron chi connectivity index (χ4n) is 3.58. The highest BCUT2D eigenvalue weighted by Crippen LogP contribution is 2.40. The molecule has 0 aromatic carbocycles. The van der Waals surface area contributed by atoms with Crippen LogP contribution in [0.2, 0.25) is 0 Å². The fourth-order valence-corrected chi connectivity index (χ4v) is 3.58. The maximum absolute atomic E-state index is 4.94. The first-order valence-electron chi connectivity index (χ1n) is 7.17. The van der Waals surface area contributed by atoms with Crippen molar-refractivity contribution >= 4 is 0 Å². The van der Waals surface area contributed by atoms with Crippen molar-refractivity contribution in [3.8, 4) is 0 Å². The highest BCUT2D eigenvalue weighted by atomic mass is 14.7. The van der Waals surface area contributed by atoms with Crippen molar-refractivity contribution in [3.05, 3.63) is 28.1 Å². The maximum atomic E-state index is 4.94. The molecular formula is C16H23N. The van der Waals surface area contributed by atoms with Crippen molar-refractivity contribution in [2.75, 3.05) is 0 Å². The molecule has 2 aliphatic rings. The molecule has 1 aromatic rings. The van der Waals surface area contributed by atoms with Gasteiger partial charge in [0.15, 0.2) is 0 Å². The molecule has 1 heterocycles. The van der Waals surface area contributed by atoms with Gasteiger partial charge in [0.1, 0.15) is 0 Å². The van der Waals surface area contributed by atoms with Crippen LogP contribution >= 0.6 is 0 Å². The van der Waals surface area contributed by atoms with Crippen LogP contribution in [0.25, 0.3) is 0 Å². The average Bonchev–Trinajstić information content (AvgIpc) is 2.92. The second-order valence-electron chi connectivity index (χ2n) is 6.28. The van der Waals surface area contributed by atoms with E-state index in [1.807, 2.05) is 0 Å². The van der Waals surface area contributed by atoms with Gasteiger partial charge in [0.05, 0.1) is 0 Å². The Morgan fingerprint density at radius 3 is 1.94 bits per heavy atom. The van der Waals surface area contributed by atoms with Crippen molar-refractivity contribution in [1.29, 1.82) is 0 Å². The number of fused-ring (bicyclic) bond motifs is 2. The second-order valence-corrected chi connectivity index (χ2v) is 6.28. The number of rotatable bonds is 2. The monoisotopic (exact) mass is 229 g/mol. The predicted octanol–water partition coefficient (Wildman–Crippen LogP) is 3.75. The summed E-state index contributed by atoms with van der Waals surface area (Å²) in [6, 6.07) is 0. The van der Waals surface area contributed by atoms with Gasteiger partial charge in [-0.1, -0.05) is 20.8 Å². The molecule has 0 radical (unpaired) electrons. The Hall–Kier alpha value is -0.850. The zero-order valence-electron chi connectivity index (χ0n) is 11.4. The first-order chi connectivity index (χ1) is 8.13. The average molecular weight is 229 g/mol. The van der Waals surface area contributed by atoms with E-state index in [0.717, 1.165) is 0 Å². The van der Waals surface area contributed by atoms with Gasteiger partial charge < -0.3 is 0 Å². The number of pyridine rings is 1. The van der Waals surface area contributed by atoms with Crippen LogP contribution in [0.15, 0.2) is 0 Å². The zero-order chi connectivity index (χ0) is 12.0. The van der Waals surface area contributed by atoms with Crippen LogP contribution in [-0.2, 0) is 31.1 Å². The lowest BCUT2D eigenvalue weighted by Gasteiger charge is -2.29. The molecule has 17 heavy (non-hydrogen) atoms. The molecule has 0 unspecified atom stereocenters. The Kier molecular flexibility index (Phi) is 2.53. The van der Waals surface area contributed by atoms with Gasteiger partial charge in [-0.2, -0.15) is 0 Å². The third-order valence-electron chi connectivity index (χ3n) is 4.81. The summed E-state index contributed by atoms with van der Waals surface area (Å²) in [7, 11) is 0. The molecule has 0 N–H and O–H groups in total. The lowest BCUT2D eigenvalue weighted by Crippen LogP contribution is -2.21. The molecule has 0 saturated heterocycles. The minimum absolute atomic E-state index is 0.339. The van der Waals surface area contributed by atoms with Crippen molar-refractivity contribution in [2.45, 2.75) is 71.1 Å². The Morgan fingerprint density at radius 2 is 1.47 bits per heavy atom. The summed E-state index contributed by atoms with van der Waals surface area (Å²) < 4.78 is 0. The number of aromatic nitrogens is 1. The van der Waals surface area contributed by atoms with Gasteiger partial charge in [0.25, 0.3) is 0 Å². The molecule has 1 aromatic heterocycles. The minimum Gasteiger partial charge on any atom is -0.257 e. The molecule has 3 rings (SSSR count). The highest BCUT2D eigenvalue weighted by molar-refractivity contribution is 5.48. The third kappa shape index (κ3) is 1.63. The first kappa shape index (κ1) is 11.3. The third-order valence-corrected chi connectivity index (χ3v) is 4.81. The van der Waals surface area contributed by atoms with Crippen LogP contribution in [0.4, 0.5) is 0 Å². The molecule has 0 amide bonds. The molecule has 1 nitrogen and oxygen atoms in total. The maximum Gasteiger partial charge on any atom is 0.0442 e. The van der Waals surface area contributed by atoms with E-state index in [-0.39, 0.29) is 0 Å². The number of hydrogen-bond acceptors (Lipinski definition) is 1. The summed E-state index contributed by atoms with van der Waals surface area (Å²) >= 11 is 0. The van der Waals surface area contributed by atoms with E-state index >= 15 is 0 Å². The van der Waals surface area contributed by atoms with E-state index in [9.17, 15) is 0 Å². The van der Waals surface area contributed by atoms with E-state index in [0.29, 0.717) is 5.41 Å². The van der Waals surface area contributed by atoms with E-state index in [4.69, 9.17) is 4.98 Å².